The van der Waals surface area contributed by atoms with E-state index in [0.717, 1.165) is 11.4 Å². The van der Waals surface area contributed by atoms with E-state index in [1.165, 1.54) is 99.6 Å². The molecule has 286 valence electrons. The van der Waals surface area contributed by atoms with Crippen LogP contribution in [-0.2, 0) is 10.8 Å². The molecule has 2 heteroatoms. The summed E-state index contributed by atoms with van der Waals surface area (Å²) in [7, 11) is 0. The van der Waals surface area contributed by atoms with Crippen molar-refractivity contribution in [3.63, 3.8) is 0 Å². The normalized spacial score (nSPS) is 14.3. The Morgan fingerprint density at radius 2 is 0.883 bits per heavy atom. The first-order valence-electron chi connectivity index (χ1n) is 21.2. The molecular weight excluding hydrogens is 725 g/mol. The number of fused-ring (bicyclic) bond motifs is 10. The molecule has 0 radical (unpaired) electrons. The van der Waals surface area contributed by atoms with Crippen molar-refractivity contribution in [3.8, 4) is 39.1 Å². The molecule has 0 unspecified atom stereocenters. The fraction of sp³-hybridized carbons (Fsp3) is 0.103. The van der Waals surface area contributed by atoms with Crippen LogP contribution in [0.5, 0.6) is 0 Å². The van der Waals surface area contributed by atoms with Crippen LogP contribution in [0.25, 0.3) is 71.6 Å². The Morgan fingerprint density at radius 3 is 1.50 bits per heavy atom. The first-order chi connectivity index (χ1) is 29.3. The first-order valence-corrected chi connectivity index (χ1v) is 21.2. The Morgan fingerprint density at radius 1 is 0.383 bits per heavy atom. The van der Waals surface area contributed by atoms with Gasteiger partial charge in [-0.1, -0.05) is 173 Å². The molecule has 0 amide bonds. The fourth-order valence-electron chi connectivity index (χ4n) is 10.9. The summed E-state index contributed by atoms with van der Waals surface area (Å²) in [5.41, 5.74) is 20.1. The molecule has 1 aromatic heterocycles. The third kappa shape index (κ3) is 4.82. The van der Waals surface area contributed by atoms with Gasteiger partial charge in [0, 0.05) is 44.1 Å². The second kappa shape index (κ2) is 12.7. The van der Waals surface area contributed by atoms with Crippen LogP contribution >= 0.6 is 0 Å². The van der Waals surface area contributed by atoms with Gasteiger partial charge >= 0.3 is 0 Å². The predicted octanol–water partition coefficient (Wildman–Crippen LogP) is 15.7. The molecule has 9 aromatic carbocycles. The van der Waals surface area contributed by atoms with Crippen LogP contribution in [0.1, 0.15) is 49.9 Å². The van der Waals surface area contributed by atoms with Crippen molar-refractivity contribution in [1.29, 1.82) is 0 Å². The third-order valence-electron chi connectivity index (χ3n) is 13.8. The minimum Gasteiger partial charge on any atom is -0.309 e. The Bertz CT molecular complexity index is 3230. The van der Waals surface area contributed by atoms with E-state index in [4.69, 9.17) is 0 Å². The molecule has 0 aliphatic heterocycles. The molecule has 0 bridgehead atoms. The highest BCUT2D eigenvalue weighted by molar-refractivity contribution is 6.09. The van der Waals surface area contributed by atoms with Crippen molar-refractivity contribution >= 4 is 49.6 Å². The topological polar surface area (TPSA) is 8.17 Å². The molecule has 12 rings (SSSR count). The smallest absolute Gasteiger partial charge is 0.0543 e. The second-order valence-electron chi connectivity index (χ2n) is 17.7. The predicted molar refractivity (Wildman–Crippen MR) is 254 cm³/mol. The first kappa shape index (κ1) is 34.8. The zero-order valence-corrected chi connectivity index (χ0v) is 34.4. The lowest BCUT2D eigenvalue weighted by Gasteiger charge is -2.31. The molecule has 0 spiro atoms. The van der Waals surface area contributed by atoms with Gasteiger partial charge in [0.05, 0.1) is 22.4 Å². The Kier molecular flexibility index (Phi) is 7.36. The van der Waals surface area contributed by atoms with E-state index >= 15 is 0 Å². The Labute approximate surface area is 351 Å². The Hall–Kier alpha value is -7.16. The molecule has 2 aliphatic carbocycles. The highest BCUT2D eigenvalue weighted by Gasteiger charge is 2.40. The molecule has 0 fully saturated rings. The van der Waals surface area contributed by atoms with E-state index in [9.17, 15) is 0 Å². The lowest BCUT2D eigenvalue weighted by molar-refractivity contribution is 0.660. The minimum absolute atomic E-state index is 0.118. The Balaban J connectivity index is 1.07. The van der Waals surface area contributed by atoms with Crippen molar-refractivity contribution in [3.05, 3.63) is 216 Å². The van der Waals surface area contributed by atoms with Crippen LogP contribution in [0.15, 0.2) is 194 Å². The second-order valence-corrected chi connectivity index (χ2v) is 17.7. The highest BCUT2D eigenvalue weighted by atomic mass is 15.1. The van der Waals surface area contributed by atoms with Gasteiger partial charge in [0.25, 0.3) is 0 Å². The minimum atomic E-state index is -0.118. The van der Waals surface area contributed by atoms with Gasteiger partial charge in [-0.3, -0.25) is 0 Å². The summed E-state index contributed by atoms with van der Waals surface area (Å²) in [6.45, 7) is 9.49. The quantitative estimate of drug-likeness (QED) is 0.169. The zero-order valence-electron chi connectivity index (χ0n) is 34.4. The lowest BCUT2D eigenvalue weighted by Crippen LogP contribution is -2.17. The van der Waals surface area contributed by atoms with Crippen molar-refractivity contribution in [2.24, 2.45) is 0 Å². The number of hydrogen-bond acceptors (Lipinski definition) is 1. The van der Waals surface area contributed by atoms with Gasteiger partial charge in [0.1, 0.15) is 0 Å². The maximum absolute atomic E-state index is 2.56. The van der Waals surface area contributed by atoms with Crippen LogP contribution in [0.4, 0.5) is 17.1 Å². The molecule has 2 aliphatic rings. The van der Waals surface area contributed by atoms with E-state index in [2.05, 4.69) is 231 Å². The van der Waals surface area contributed by atoms with E-state index < -0.39 is 0 Å². The number of hydrogen-bond donors (Lipinski definition) is 0. The summed E-state index contributed by atoms with van der Waals surface area (Å²) >= 11 is 0. The molecule has 2 nitrogen and oxygen atoms in total. The SMILES string of the molecule is CC1(C)c2ccccc2-c2c(N(c3ccc4c(-c5cccc(-n6c7ccccc7c7ccccc76)c5)cccc4c3)c3cccc4c3-c3ccccc3C4(C)C)cccc21. The van der Waals surface area contributed by atoms with Gasteiger partial charge in [0.2, 0.25) is 0 Å². The van der Waals surface area contributed by atoms with Crippen LogP contribution in [0.3, 0.4) is 0 Å². The van der Waals surface area contributed by atoms with E-state index in [0.29, 0.717) is 0 Å². The summed E-state index contributed by atoms with van der Waals surface area (Å²) < 4.78 is 2.41. The highest BCUT2D eigenvalue weighted by Crippen LogP contribution is 2.58. The number of para-hydroxylation sites is 2. The number of rotatable bonds is 5. The molecule has 1 heterocycles. The summed E-state index contributed by atoms with van der Waals surface area (Å²) in [6.07, 6.45) is 0. The van der Waals surface area contributed by atoms with E-state index in [-0.39, 0.29) is 10.8 Å². The van der Waals surface area contributed by atoms with Gasteiger partial charge < -0.3 is 9.47 Å². The fourth-order valence-corrected chi connectivity index (χ4v) is 10.9. The maximum atomic E-state index is 2.56. The molecule has 0 N–H and O–H groups in total. The molecular formula is C58H44N2. The van der Waals surface area contributed by atoms with Crippen LogP contribution in [-0.4, -0.2) is 4.57 Å². The molecule has 0 saturated heterocycles. The average Bonchev–Trinajstić information content (AvgIpc) is 3.84. The standard InChI is InChI=1S/C58H44N2/c1-57(2)47-25-9-5-22-45(47)55-49(57)27-15-31-53(55)60(54-32-16-28-50-56(54)46-23-6-10-26-48(46)58(50,3)4)40-33-34-42-38(36-40)18-14-24-41(42)37-17-13-19-39(35-37)59-51-29-11-7-20-43(51)44-21-8-12-30-52(44)59/h5-36H,1-4H3. The number of nitrogens with zero attached hydrogens (tertiary/aromatic N) is 2. The average molecular weight is 769 g/mol. The zero-order chi connectivity index (χ0) is 40.3. The number of anilines is 3. The molecule has 0 saturated carbocycles. The van der Waals surface area contributed by atoms with Crippen molar-refractivity contribution in [1.82, 2.24) is 4.57 Å². The maximum Gasteiger partial charge on any atom is 0.0543 e. The molecule has 10 aromatic rings. The summed E-state index contributed by atoms with van der Waals surface area (Å²) in [4.78, 5) is 2.56. The number of aromatic nitrogens is 1. The van der Waals surface area contributed by atoms with Gasteiger partial charge in [0.15, 0.2) is 0 Å². The van der Waals surface area contributed by atoms with Gasteiger partial charge in [-0.05, 0) is 104 Å². The van der Waals surface area contributed by atoms with E-state index in [1.54, 1.807) is 0 Å². The molecule has 60 heavy (non-hydrogen) atoms. The van der Waals surface area contributed by atoms with E-state index in [1.807, 2.05) is 0 Å². The van der Waals surface area contributed by atoms with Crippen molar-refractivity contribution in [2.45, 2.75) is 38.5 Å². The third-order valence-corrected chi connectivity index (χ3v) is 13.8. The summed E-state index contributed by atoms with van der Waals surface area (Å²) in [5.74, 6) is 0. The number of benzene rings is 9. The summed E-state index contributed by atoms with van der Waals surface area (Å²) in [6, 6.07) is 72.3. The van der Waals surface area contributed by atoms with Crippen molar-refractivity contribution in [2.75, 3.05) is 4.90 Å². The lowest BCUT2D eigenvalue weighted by atomic mass is 9.82. The van der Waals surface area contributed by atoms with Crippen LogP contribution in [0.2, 0.25) is 0 Å². The molecule has 0 atom stereocenters. The van der Waals surface area contributed by atoms with Crippen molar-refractivity contribution < 1.29 is 0 Å². The van der Waals surface area contributed by atoms with Crippen LogP contribution < -0.4 is 4.90 Å². The monoisotopic (exact) mass is 768 g/mol. The van der Waals surface area contributed by atoms with Gasteiger partial charge in [-0.2, -0.15) is 0 Å². The van der Waals surface area contributed by atoms with Gasteiger partial charge in [-0.15, -0.1) is 0 Å². The van der Waals surface area contributed by atoms with Gasteiger partial charge in [-0.25, -0.2) is 0 Å². The summed E-state index contributed by atoms with van der Waals surface area (Å²) in [5, 5.41) is 4.98. The van der Waals surface area contributed by atoms with Crippen LogP contribution in [0, 0.1) is 0 Å². The largest absolute Gasteiger partial charge is 0.309 e.